The molecule has 114 valence electrons. The summed E-state index contributed by atoms with van der Waals surface area (Å²) in [6, 6.07) is 0. The fourth-order valence-corrected chi connectivity index (χ4v) is 1.61. The standard InChI is InChI=1S/C16H26O4/c1-5-7-9-14(11-12(3)15(17)18)13(4)16(19)20-10-8-6-2/h11H,5-10H2,1-4H3,(H,17,18). The van der Waals surface area contributed by atoms with Crippen LogP contribution in [0.3, 0.4) is 0 Å². The highest BCUT2D eigenvalue weighted by molar-refractivity contribution is 5.91. The van der Waals surface area contributed by atoms with E-state index in [1.165, 1.54) is 6.92 Å². The summed E-state index contributed by atoms with van der Waals surface area (Å²) >= 11 is 0. The van der Waals surface area contributed by atoms with Crippen molar-refractivity contribution in [3.05, 3.63) is 22.8 Å². The Morgan fingerprint density at radius 1 is 1.10 bits per heavy atom. The van der Waals surface area contributed by atoms with Gasteiger partial charge in [0, 0.05) is 11.1 Å². The number of unbranched alkanes of at least 4 members (excludes halogenated alkanes) is 2. The normalized spacial score (nSPS) is 12.9. The van der Waals surface area contributed by atoms with Gasteiger partial charge < -0.3 is 9.84 Å². The Bertz CT molecular complexity index is 391. The molecule has 0 aromatic heterocycles. The lowest BCUT2D eigenvalue weighted by Gasteiger charge is -2.09. The first-order chi connectivity index (χ1) is 9.43. The lowest BCUT2D eigenvalue weighted by molar-refractivity contribution is -0.139. The lowest BCUT2D eigenvalue weighted by atomic mass is 10.0. The van der Waals surface area contributed by atoms with E-state index in [4.69, 9.17) is 9.84 Å². The van der Waals surface area contributed by atoms with Crippen LogP contribution in [-0.4, -0.2) is 23.7 Å². The Kier molecular flexibility index (Phi) is 9.43. The molecule has 4 heteroatoms. The number of aliphatic carboxylic acids is 1. The van der Waals surface area contributed by atoms with E-state index in [1.807, 2.05) is 6.92 Å². The largest absolute Gasteiger partial charge is 0.478 e. The molecule has 0 amide bonds. The van der Waals surface area contributed by atoms with Gasteiger partial charge in [-0.15, -0.1) is 0 Å². The molecule has 0 unspecified atom stereocenters. The number of carboxylic acids is 1. The molecular formula is C16H26O4. The zero-order chi connectivity index (χ0) is 15.5. The third-order valence-electron chi connectivity index (χ3n) is 3.05. The van der Waals surface area contributed by atoms with E-state index in [1.54, 1.807) is 13.0 Å². The quantitative estimate of drug-likeness (QED) is 0.302. The number of hydrogen-bond donors (Lipinski definition) is 1. The van der Waals surface area contributed by atoms with Crippen LogP contribution in [-0.2, 0) is 14.3 Å². The maximum absolute atomic E-state index is 11.9. The average molecular weight is 282 g/mol. The third kappa shape index (κ3) is 7.12. The van der Waals surface area contributed by atoms with Crippen LogP contribution < -0.4 is 0 Å². The molecule has 0 spiro atoms. The minimum Gasteiger partial charge on any atom is -0.478 e. The van der Waals surface area contributed by atoms with Gasteiger partial charge in [-0.1, -0.05) is 26.7 Å². The van der Waals surface area contributed by atoms with Crippen LogP contribution in [0.1, 0.15) is 59.8 Å². The molecule has 0 aliphatic rings. The van der Waals surface area contributed by atoms with Gasteiger partial charge in [0.1, 0.15) is 0 Å². The Labute approximate surface area is 121 Å². The molecule has 0 saturated carbocycles. The average Bonchev–Trinajstić information content (AvgIpc) is 2.42. The molecule has 4 nitrogen and oxygen atoms in total. The smallest absolute Gasteiger partial charge is 0.333 e. The second kappa shape index (κ2) is 10.2. The van der Waals surface area contributed by atoms with Crippen molar-refractivity contribution in [3.8, 4) is 0 Å². The summed E-state index contributed by atoms with van der Waals surface area (Å²) in [5, 5.41) is 8.94. The van der Waals surface area contributed by atoms with Crippen LogP contribution in [0.2, 0.25) is 0 Å². The van der Waals surface area contributed by atoms with Crippen molar-refractivity contribution in [2.45, 2.75) is 59.8 Å². The van der Waals surface area contributed by atoms with Crippen molar-refractivity contribution in [3.63, 3.8) is 0 Å². The molecule has 0 aliphatic carbocycles. The van der Waals surface area contributed by atoms with Gasteiger partial charge in [-0.05, 0) is 44.8 Å². The highest BCUT2D eigenvalue weighted by Crippen LogP contribution is 2.17. The van der Waals surface area contributed by atoms with Gasteiger partial charge in [0.2, 0.25) is 0 Å². The summed E-state index contributed by atoms with van der Waals surface area (Å²) in [5.74, 6) is -1.31. The molecule has 0 heterocycles. The van der Waals surface area contributed by atoms with Gasteiger partial charge in [-0.25, -0.2) is 9.59 Å². The van der Waals surface area contributed by atoms with E-state index in [0.717, 1.165) is 31.3 Å². The Balaban J connectivity index is 5.04. The summed E-state index contributed by atoms with van der Waals surface area (Å²) < 4.78 is 5.17. The van der Waals surface area contributed by atoms with Gasteiger partial charge in [-0.3, -0.25) is 0 Å². The second-order valence-electron chi connectivity index (χ2n) is 4.88. The zero-order valence-corrected chi connectivity index (χ0v) is 13.0. The molecule has 0 bridgehead atoms. The molecule has 0 aromatic carbocycles. The topological polar surface area (TPSA) is 63.6 Å². The van der Waals surface area contributed by atoms with E-state index in [0.29, 0.717) is 18.6 Å². The SMILES string of the molecule is CCCCOC(=O)C(C)=C(C=C(C)C(=O)O)CCCC. The van der Waals surface area contributed by atoms with Gasteiger partial charge in [0.05, 0.1) is 6.61 Å². The zero-order valence-electron chi connectivity index (χ0n) is 13.0. The Morgan fingerprint density at radius 2 is 1.70 bits per heavy atom. The van der Waals surface area contributed by atoms with Crippen molar-refractivity contribution in [2.24, 2.45) is 0 Å². The molecule has 0 saturated heterocycles. The number of hydrogen-bond acceptors (Lipinski definition) is 3. The number of carbonyl (C=O) groups is 2. The molecule has 0 aromatic rings. The number of rotatable bonds is 9. The first-order valence-corrected chi connectivity index (χ1v) is 7.22. The van der Waals surface area contributed by atoms with E-state index < -0.39 is 5.97 Å². The predicted octanol–water partition coefficient (Wildman–Crippen LogP) is 3.87. The summed E-state index contributed by atoms with van der Waals surface area (Å²) in [6.45, 7) is 7.73. The van der Waals surface area contributed by atoms with Crippen LogP contribution in [0, 0.1) is 0 Å². The van der Waals surface area contributed by atoms with Gasteiger partial charge in [-0.2, -0.15) is 0 Å². The Hall–Kier alpha value is -1.58. The number of esters is 1. The van der Waals surface area contributed by atoms with Crippen LogP contribution in [0.25, 0.3) is 0 Å². The fraction of sp³-hybridized carbons (Fsp3) is 0.625. The van der Waals surface area contributed by atoms with Crippen LogP contribution in [0.4, 0.5) is 0 Å². The fourth-order valence-electron chi connectivity index (χ4n) is 1.61. The molecule has 0 fully saturated rings. The van der Waals surface area contributed by atoms with Crippen molar-refractivity contribution >= 4 is 11.9 Å². The number of carboxylic acid groups (broad SMARTS) is 1. The molecule has 1 N–H and O–H groups in total. The third-order valence-corrected chi connectivity index (χ3v) is 3.05. The molecule has 0 radical (unpaired) electrons. The Morgan fingerprint density at radius 3 is 2.20 bits per heavy atom. The van der Waals surface area contributed by atoms with Crippen molar-refractivity contribution < 1.29 is 19.4 Å². The van der Waals surface area contributed by atoms with Crippen LogP contribution >= 0.6 is 0 Å². The van der Waals surface area contributed by atoms with Crippen LogP contribution in [0.15, 0.2) is 22.8 Å². The van der Waals surface area contributed by atoms with Crippen molar-refractivity contribution in [2.75, 3.05) is 6.61 Å². The van der Waals surface area contributed by atoms with E-state index in [9.17, 15) is 9.59 Å². The minimum absolute atomic E-state index is 0.233. The number of ether oxygens (including phenoxy) is 1. The van der Waals surface area contributed by atoms with E-state index >= 15 is 0 Å². The first kappa shape index (κ1) is 18.4. The summed E-state index contributed by atoms with van der Waals surface area (Å²) in [5.41, 5.74) is 1.50. The molecule has 0 atom stereocenters. The van der Waals surface area contributed by atoms with Gasteiger partial charge >= 0.3 is 11.9 Å². The highest BCUT2D eigenvalue weighted by Gasteiger charge is 2.12. The maximum atomic E-state index is 11.9. The number of carbonyl (C=O) groups excluding carboxylic acids is 1. The van der Waals surface area contributed by atoms with Gasteiger partial charge in [0.15, 0.2) is 0 Å². The van der Waals surface area contributed by atoms with Gasteiger partial charge in [0.25, 0.3) is 0 Å². The number of allylic oxidation sites excluding steroid dienone is 2. The minimum atomic E-state index is -0.967. The van der Waals surface area contributed by atoms with E-state index in [-0.39, 0.29) is 11.5 Å². The molecule has 20 heavy (non-hydrogen) atoms. The molecule has 0 aliphatic heterocycles. The summed E-state index contributed by atoms with van der Waals surface area (Å²) in [6.07, 6.45) is 5.98. The summed E-state index contributed by atoms with van der Waals surface area (Å²) in [7, 11) is 0. The highest BCUT2D eigenvalue weighted by atomic mass is 16.5. The first-order valence-electron chi connectivity index (χ1n) is 7.22. The summed E-state index contributed by atoms with van der Waals surface area (Å²) in [4.78, 5) is 22.8. The monoisotopic (exact) mass is 282 g/mol. The maximum Gasteiger partial charge on any atom is 0.333 e. The van der Waals surface area contributed by atoms with Crippen LogP contribution in [0.5, 0.6) is 0 Å². The second-order valence-corrected chi connectivity index (χ2v) is 4.88. The van der Waals surface area contributed by atoms with Crippen molar-refractivity contribution in [1.82, 2.24) is 0 Å². The predicted molar refractivity (Wildman–Crippen MR) is 79.5 cm³/mol. The molecule has 0 rings (SSSR count). The molecular weight excluding hydrogens is 256 g/mol. The lowest BCUT2D eigenvalue weighted by Crippen LogP contribution is -2.09. The van der Waals surface area contributed by atoms with Crippen molar-refractivity contribution in [1.29, 1.82) is 0 Å². The van der Waals surface area contributed by atoms with E-state index in [2.05, 4.69) is 6.92 Å².